The second-order valence-corrected chi connectivity index (χ2v) is 9.22. The number of fused-ring (bicyclic) bond motifs is 1. The number of amides is 3. The summed E-state index contributed by atoms with van der Waals surface area (Å²) in [5, 5.41) is 4.65. The number of rotatable bonds is 7. The average Bonchev–Trinajstić information content (AvgIpc) is 2.79. The summed E-state index contributed by atoms with van der Waals surface area (Å²) >= 11 is 1.28. The average molecular weight is 496 g/mol. The van der Waals surface area contributed by atoms with Crippen LogP contribution in [0.15, 0.2) is 52.5 Å². The van der Waals surface area contributed by atoms with Gasteiger partial charge < -0.3 is 15.0 Å². The van der Waals surface area contributed by atoms with Crippen LogP contribution in [0.3, 0.4) is 0 Å². The first-order chi connectivity index (χ1) is 16.1. The number of benzene rings is 2. The summed E-state index contributed by atoms with van der Waals surface area (Å²) in [6.07, 6.45) is -2.63. The Balaban J connectivity index is 1.63. The Morgan fingerprint density at radius 2 is 1.91 bits per heavy atom. The monoisotopic (exact) mass is 495 g/mol. The first kappa shape index (κ1) is 25.5. The minimum Gasteiger partial charge on any atom is -0.406 e. The molecule has 2 unspecified atom stereocenters. The standard InChI is InChI=1S/C23H24F3N3O4S/c1-3-29(22(31)27-17-6-9-19(10-7-17)33-23(24,25)26)18-8-4-16-13-20(11-5-15(16)12-18)34-14(2)21(30)28-32/h5-7,9-11,13-14,18H,3-4,8,12H2,1-2H3,(H,27,31). The number of nitroso groups, excluding NO2 is 1. The molecule has 0 saturated heterocycles. The van der Waals surface area contributed by atoms with Crippen LogP contribution >= 0.6 is 11.8 Å². The third kappa shape index (κ3) is 6.72. The van der Waals surface area contributed by atoms with Gasteiger partial charge in [0.25, 0.3) is 5.91 Å². The topological polar surface area (TPSA) is 88.1 Å². The Labute approximate surface area is 199 Å². The summed E-state index contributed by atoms with van der Waals surface area (Å²) < 4.78 is 40.8. The Morgan fingerprint density at radius 1 is 1.21 bits per heavy atom. The summed E-state index contributed by atoms with van der Waals surface area (Å²) in [7, 11) is 0. The number of urea groups is 1. The van der Waals surface area contributed by atoms with E-state index < -0.39 is 17.5 Å². The maximum absolute atomic E-state index is 12.9. The van der Waals surface area contributed by atoms with Gasteiger partial charge in [0.05, 0.1) is 5.25 Å². The third-order valence-electron chi connectivity index (χ3n) is 5.51. The van der Waals surface area contributed by atoms with E-state index in [-0.39, 0.29) is 17.8 Å². The van der Waals surface area contributed by atoms with Crippen molar-refractivity contribution in [3.63, 3.8) is 0 Å². The Hall–Kier alpha value is -3.08. The molecule has 3 rings (SSSR count). The van der Waals surface area contributed by atoms with Crippen molar-refractivity contribution in [1.82, 2.24) is 4.90 Å². The molecule has 0 heterocycles. The largest absolute Gasteiger partial charge is 0.573 e. The fourth-order valence-corrected chi connectivity index (χ4v) is 4.79. The highest BCUT2D eigenvalue weighted by molar-refractivity contribution is 8.00. The molecule has 0 spiro atoms. The molecule has 2 atom stereocenters. The van der Waals surface area contributed by atoms with E-state index >= 15 is 0 Å². The molecule has 1 aliphatic rings. The van der Waals surface area contributed by atoms with Gasteiger partial charge >= 0.3 is 12.4 Å². The molecular formula is C23H24F3N3O4S. The Kier molecular flexibility index (Phi) is 8.19. The van der Waals surface area contributed by atoms with Crippen LogP contribution in [0.4, 0.5) is 23.7 Å². The number of carbonyl (C=O) groups is 2. The highest BCUT2D eigenvalue weighted by Crippen LogP contribution is 2.31. The SMILES string of the molecule is CCN(C(=O)Nc1ccc(OC(F)(F)F)cc1)C1CCc2cc(SC(C)C(=O)N=O)ccc2C1. The zero-order valence-corrected chi connectivity index (χ0v) is 19.4. The summed E-state index contributed by atoms with van der Waals surface area (Å²) in [6, 6.07) is 10.5. The van der Waals surface area contributed by atoms with Crippen LogP contribution in [0.5, 0.6) is 5.75 Å². The van der Waals surface area contributed by atoms with Crippen LogP contribution in [-0.4, -0.2) is 41.0 Å². The van der Waals surface area contributed by atoms with Crippen molar-refractivity contribution in [3.8, 4) is 5.75 Å². The Bertz CT molecular complexity index is 1050. The summed E-state index contributed by atoms with van der Waals surface area (Å²) in [5.74, 6) is -1.06. The van der Waals surface area contributed by atoms with Crippen molar-refractivity contribution in [2.45, 2.75) is 55.7 Å². The van der Waals surface area contributed by atoms with Gasteiger partial charge in [-0.25, -0.2) is 4.79 Å². The molecule has 182 valence electrons. The molecule has 0 saturated carbocycles. The second kappa shape index (κ2) is 10.9. The molecule has 34 heavy (non-hydrogen) atoms. The lowest BCUT2D eigenvalue weighted by Gasteiger charge is -2.34. The number of aryl methyl sites for hydroxylation is 1. The van der Waals surface area contributed by atoms with E-state index in [0.717, 1.165) is 41.0 Å². The maximum Gasteiger partial charge on any atom is 0.573 e. The van der Waals surface area contributed by atoms with Crippen molar-refractivity contribution < 1.29 is 27.5 Å². The number of anilines is 1. The van der Waals surface area contributed by atoms with Crippen molar-refractivity contribution in [1.29, 1.82) is 0 Å². The van der Waals surface area contributed by atoms with Gasteiger partial charge in [-0.1, -0.05) is 6.07 Å². The summed E-state index contributed by atoms with van der Waals surface area (Å²) in [6.45, 7) is 3.97. The predicted octanol–water partition coefficient (Wildman–Crippen LogP) is 5.77. The minimum absolute atomic E-state index is 0.0383. The molecule has 7 nitrogen and oxygen atoms in total. The molecule has 0 aromatic heterocycles. The number of carbonyl (C=O) groups excluding carboxylic acids is 2. The first-order valence-electron chi connectivity index (χ1n) is 10.7. The zero-order valence-electron chi connectivity index (χ0n) is 18.6. The van der Waals surface area contributed by atoms with Crippen molar-refractivity contribution >= 4 is 29.4 Å². The van der Waals surface area contributed by atoms with Crippen molar-refractivity contribution in [2.75, 3.05) is 11.9 Å². The number of likely N-dealkylation sites (N-methyl/N-ethyl adjacent to an activating group) is 1. The van der Waals surface area contributed by atoms with E-state index in [9.17, 15) is 27.7 Å². The lowest BCUT2D eigenvalue weighted by Crippen LogP contribution is -2.45. The van der Waals surface area contributed by atoms with E-state index in [1.54, 1.807) is 11.8 Å². The Morgan fingerprint density at radius 3 is 2.53 bits per heavy atom. The number of thioether (sulfide) groups is 1. The van der Waals surface area contributed by atoms with Crippen LogP contribution in [0, 0.1) is 4.91 Å². The number of hydrogen-bond acceptors (Lipinski definition) is 5. The van der Waals surface area contributed by atoms with Gasteiger partial charge in [-0.2, -0.15) is 0 Å². The van der Waals surface area contributed by atoms with Crippen molar-refractivity contribution in [3.05, 3.63) is 58.5 Å². The molecular weight excluding hydrogens is 471 g/mol. The third-order valence-corrected chi connectivity index (χ3v) is 6.59. The summed E-state index contributed by atoms with van der Waals surface area (Å²) in [4.78, 5) is 37.3. The molecule has 0 radical (unpaired) electrons. The highest BCUT2D eigenvalue weighted by atomic mass is 32.2. The smallest absolute Gasteiger partial charge is 0.406 e. The molecule has 0 bridgehead atoms. The lowest BCUT2D eigenvalue weighted by molar-refractivity contribution is -0.274. The summed E-state index contributed by atoms with van der Waals surface area (Å²) in [5.41, 5.74) is 2.61. The molecule has 2 aromatic carbocycles. The maximum atomic E-state index is 12.9. The van der Waals surface area contributed by atoms with Gasteiger partial charge in [0.2, 0.25) is 0 Å². The normalized spacial score (nSPS) is 16.2. The van der Waals surface area contributed by atoms with Gasteiger partial charge in [0, 0.05) is 28.3 Å². The number of nitrogens with one attached hydrogen (secondary N) is 1. The van der Waals surface area contributed by atoms with Gasteiger partial charge in [0.15, 0.2) is 0 Å². The van der Waals surface area contributed by atoms with Crippen molar-refractivity contribution in [2.24, 2.45) is 5.18 Å². The molecule has 3 amide bonds. The molecule has 0 fully saturated rings. The van der Waals surface area contributed by atoms with Crippen LogP contribution in [-0.2, 0) is 17.6 Å². The fourth-order valence-electron chi connectivity index (χ4n) is 3.88. The molecule has 2 aromatic rings. The van der Waals surface area contributed by atoms with Gasteiger partial charge in [-0.3, -0.25) is 4.79 Å². The minimum atomic E-state index is -4.77. The van der Waals surface area contributed by atoms with E-state index in [4.69, 9.17) is 0 Å². The number of ether oxygens (including phenoxy) is 1. The fraction of sp³-hybridized carbons (Fsp3) is 0.391. The molecule has 1 N–H and O–H groups in total. The number of nitrogens with zero attached hydrogens (tertiary/aromatic N) is 2. The molecule has 11 heteroatoms. The molecule has 0 aliphatic heterocycles. The van der Waals surface area contributed by atoms with Crippen LogP contribution in [0.1, 0.15) is 31.4 Å². The number of hydrogen-bond donors (Lipinski definition) is 1. The van der Waals surface area contributed by atoms with Gasteiger partial charge in [0.1, 0.15) is 5.75 Å². The second-order valence-electron chi connectivity index (χ2n) is 7.81. The van der Waals surface area contributed by atoms with Gasteiger partial charge in [-0.15, -0.1) is 29.8 Å². The number of alkyl halides is 3. The van der Waals surface area contributed by atoms with E-state index in [2.05, 4.69) is 15.2 Å². The van der Waals surface area contributed by atoms with Gasteiger partial charge in [-0.05, 0) is 80.6 Å². The lowest BCUT2D eigenvalue weighted by atomic mass is 9.87. The predicted molar refractivity (Wildman–Crippen MR) is 123 cm³/mol. The van der Waals surface area contributed by atoms with E-state index in [0.29, 0.717) is 18.7 Å². The van der Waals surface area contributed by atoms with Crippen LogP contribution < -0.4 is 10.1 Å². The number of halogens is 3. The highest BCUT2D eigenvalue weighted by Gasteiger charge is 2.31. The first-order valence-corrected chi connectivity index (χ1v) is 11.6. The van der Waals surface area contributed by atoms with Crippen LogP contribution in [0.25, 0.3) is 0 Å². The van der Waals surface area contributed by atoms with E-state index in [1.165, 1.54) is 23.9 Å². The molecule has 1 aliphatic carbocycles. The van der Waals surface area contributed by atoms with E-state index in [1.807, 2.05) is 25.1 Å². The quantitative estimate of drug-likeness (QED) is 0.389. The zero-order chi connectivity index (χ0) is 24.9. The van der Waals surface area contributed by atoms with Crippen LogP contribution in [0.2, 0.25) is 0 Å².